The zero-order valence-corrected chi connectivity index (χ0v) is 13.5. The Morgan fingerprint density at radius 2 is 2.00 bits per heavy atom. The first-order chi connectivity index (χ1) is 11.1. The molecule has 7 heteroatoms. The van der Waals surface area contributed by atoms with Gasteiger partial charge in [0.05, 0.1) is 5.75 Å². The molecule has 0 radical (unpaired) electrons. The summed E-state index contributed by atoms with van der Waals surface area (Å²) in [6.45, 7) is 1.71. The highest BCUT2D eigenvalue weighted by atomic mass is 32.2. The Balaban J connectivity index is 1.36. The highest BCUT2D eigenvalue weighted by molar-refractivity contribution is 7.94. The maximum absolute atomic E-state index is 11.4. The number of benzene rings is 1. The molecule has 1 saturated heterocycles. The van der Waals surface area contributed by atoms with Crippen LogP contribution in [0.4, 0.5) is 6.01 Å². The van der Waals surface area contributed by atoms with Crippen molar-refractivity contribution >= 4 is 27.0 Å². The third kappa shape index (κ3) is 3.11. The number of hydrogen-bond donors (Lipinski definition) is 1. The van der Waals surface area contributed by atoms with E-state index in [1.54, 1.807) is 6.08 Å². The van der Waals surface area contributed by atoms with Crippen molar-refractivity contribution in [1.82, 2.24) is 10.3 Å². The second kappa shape index (κ2) is 5.65. The Morgan fingerprint density at radius 1 is 1.22 bits per heavy atom. The normalized spacial score (nSPS) is 24.5. The van der Waals surface area contributed by atoms with Crippen LogP contribution in [0.2, 0.25) is 0 Å². The lowest BCUT2D eigenvalue weighted by Gasteiger charge is -2.32. The lowest BCUT2D eigenvalue weighted by Crippen LogP contribution is -2.46. The average molecular weight is 333 g/mol. The number of rotatable bonds is 3. The lowest BCUT2D eigenvalue weighted by atomic mass is 10.0. The molecule has 1 fully saturated rings. The minimum Gasteiger partial charge on any atom is -0.423 e. The molecule has 0 spiro atoms. The molecule has 0 aliphatic carbocycles. The van der Waals surface area contributed by atoms with E-state index in [0.717, 1.165) is 37.0 Å². The zero-order chi connectivity index (χ0) is 15.9. The molecule has 3 heterocycles. The number of aromatic nitrogens is 1. The van der Waals surface area contributed by atoms with Gasteiger partial charge in [0, 0.05) is 30.6 Å². The molecule has 6 nitrogen and oxygen atoms in total. The summed E-state index contributed by atoms with van der Waals surface area (Å²) in [6, 6.07) is 8.72. The number of para-hydroxylation sites is 2. The van der Waals surface area contributed by atoms with Gasteiger partial charge in [0.2, 0.25) is 0 Å². The van der Waals surface area contributed by atoms with E-state index >= 15 is 0 Å². The predicted molar refractivity (Wildman–Crippen MR) is 89.1 cm³/mol. The summed E-state index contributed by atoms with van der Waals surface area (Å²) < 4.78 is 28.7. The lowest BCUT2D eigenvalue weighted by molar-refractivity contribution is 0.389. The van der Waals surface area contributed by atoms with Crippen molar-refractivity contribution in [2.45, 2.75) is 24.9 Å². The fraction of sp³-hybridized carbons (Fsp3) is 0.438. The van der Waals surface area contributed by atoms with E-state index in [9.17, 15) is 8.42 Å². The van der Waals surface area contributed by atoms with Crippen LogP contribution >= 0.6 is 0 Å². The quantitative estimate of drug-likeness (QED) is 0.921. The Kier molecular flexibility index (Phi) is 3.61. The number of piperidine rings is 1. The van der Waals surface area contributed by atoms with E-state index in [4.69, 9.17) is 4.42 Å². The minimum absolute atomic E-state index is 0.0547. The SMILES string of the molecule is O=S1(=O)C=C[C@@H](NC2CCN(c3nc4ccccc4o3)CC2)C1. The Labute approximate surface area is 135 Å². The van der Waals surface area contributed by atoms with Crippen LogP contribution in [0, 0.1) is 0 Å². The first-order valence-corrected chi connectivity index (χ1v) is 9.58. The largest absolute Gasteiger partial charge is 0.423 e. The van der Waals surface area contributed by atoms with Gasteiger partial charge in [-0.25, -0.2) is 8.42 Å². The molecule has 2 aromatic rings. The molecule has 23 heavy (non-hydrogen) atoms. The molecule has 0 bridgehead atoms. The zero-order valence-electron chi connectivity index (χ0n) is 12.7. The minimum atomic E-state index is -2.99. The fourth-order valence-corrected chi connectivity index (χ4v) is 4.46. The molecular formula is C16H19N3O3S. The van der Waals surface area contributed by atoms with Gasteiger partial charge < -0.3 is 14.6 Å². The van der Waals surface area contributed by atoms with Crippen molar-refractivity contribution < 1.29 is 12.8 Å². The Hall–Kier alpha value is -1.86. The second-order valence-corrected chi connectivity index (χ2v) is 8.09. The van der Waals surface area contributed by atoms with E-state index in [2.05, 4.69) is 15.2 Å². The smallest absolute Gasteiger partial charge is 0.298 e. The first kappa shape index (κ1) is 14.7. The van der Waals surface area contributed by atoms with Crippen molar-refractivity contribution in [3.05, 3.63) is 35.7 Å². The molecule has 1 N–H and O–H groups in total. The summed E-state index contributed by atoms with van der Waals surface area (Å²) in [5.74, 6) is 0.179. The number of hydrogen-bond acceptors (Lipinski definition) is 6. The maximum Gasteiger partial charge on any atom is 0.298 e. The summed E-state index contributed by atoms with van der Waals surface area (Å²) in [5, 5.41) is 4.75. The molecule has 0 saturated carbocycles. The molecule has 1 atom stereocenters. The van der Waals surface area contributed by atoms with E-state index in [1.807, 2.05) is 24.3 Å². The number of nitrogens with one attached hydrogen (secondary N) is 1. The number of nitrogens with zero attached hydrogens (tertiary/aromatic N) is 2. The molecule has 4 rings (SSSR count). The summed E-state index contributed by atoms with van der Waals surface area (Å²) >= 11 is 0. The molecular weight excluding hydrogens is 314 g/mol. The van der Waals surface area contributed by atoms with Gasteiger partial charge in [0.1, 0.15) is 5.52 Å². The van der Waals surface area contributed by atoms with Crippen LogP contribution in [0.5, 0.6) is 0 Å². The van der Waals surface area contributed by atoms with Gasteiger partial charge in [-0.15, -0.1) is 0 Å². The molecule has 122 valence electrons. The van der Waals surface area contributed by atoms with Crippen molar-refractivity contribution in [1.29, 1.82) is 0 Å². The van der Waals surface area contributed by atoms with Crippen LogP contribution in [0.1, 0.15) is 12.8 Å². The number of anilines is 1. The molecule has 1 aromatic carbocycles. The van der Waals surface area contributed by atoms with Crippen molar-refractivity contribution in [2.75, 3.05) is 23.7 Å². The highest BCUT2D eigenvalue weighted by Crippen LogP contribution is 2.24. The van der Waals surface area contributed by atoms with E-state index in [-0.39, 0.29) is 11.8 Å². The number of fused-ring (bicyclic) bond motifs is 1. The number of oxazole rings is 1. The van der Waals surface area contributed by atoms with Crippen LogP contribution in [0.3, 0.4) is 0 Å². The molecule has 1 aromatic heterocycles. The van der Waals surface area contributed by atoms with Crippen molar-refractivity contribution in [3.8, 4) is 0 Å². The van der Waals surface area contributed by atoms with Crippen LogP contribution < -0.4 is 10.2 Å². The van der Waals surface area contributed by atoms with Gasteiger partial charge in [0.15, 0.2) is 15.4 Å². The monoisotopic (exact) mass is 333 g/mol. The summed E-state index contributed by atoms with van der Waals surface area (Å²) in [7, 11) is -2.99. The van der Waals surface area contributed by atoms with Crippen molar-refractivity contribution in [3.63, 3.8) is 0 Å². The van der Waals surface area contributed by atoms with E-state index in [1.165, 1.54) is 5.41 Å². The van der Waals surface area contributed by atoms with E-state index < -0.39 is 9.84 Å². The van der Waals surface area contributed by atoms with Crippen LogP contribution in [-0.2, 0) is 9.84 Å². The highest BCUT2D eigenvalue weighted by Gasteiger charge is 2.27. The van der Waals surface area contributed by atoms with E-state index in [0.29, 0.717) is 12.1 Å². The maximum atomic E-state index is 11.4. The summed E-state index contributed by atoms with van der Waals surface area (Å²) in [4.78, 5) is 6.68. The van der Waals surface area contributed by atoms with Crippen LogP contribution in [0.15, 0.2) is 40.2 Å². The molecule has 2 aliphatic heterocycles. The van der Waals surface area contributed by atoms with Crippen LogP contribution in [-0.4, -0.2) is 44.3 Å². The van der Waals surface area contributed by atoms with Crippen molar-refractivity contribution in [2.24, 2.45) is 0 Å². The number of sulfone groups is 1. The van der Waals surface area contributed by atoms with Gasteiger partial charge in [0.25, 0.3) is 6.01 Å². The third-order valence-electron chi connectivity index (χ3n) is 4.43. The standard InChI is InChI=1S/C16H19N3O3S/c20-23(21)10-7-13(11-23)17-12-5-8-19(9-6-12)16-18-14-3-1-2-4-15(14)22-16/h1-4,7,10,12-13,17H,5-6,8-9,11H2/t13-/m1/s1. The van der Waals surface area contributed by atoms with Gasteiger partial charge in [-0.05, 0) is 25.0 Å². The third-order valence-corrected chi connectivity index (χ3v) is 5.82. The predicted octanol–water partition coefficient (Wildman–Crippen LogP) is 1.70. The summed E-state index contributed by atoms with van der Waals surface area (Å²) in [6.07, 6.45) is 3.65. The molecule has 0 amide bonds. The van der Waals surface area contributed by atoms with Gasteiger partial charge in [-0.2, -0.15) is 4.98 Å². The summed E-state index contributed by atoms with van der Waals surface area (Å²) in [5.41, 5.74) is 1.69. The second-order valence-electron chi connectivity index (χ2n) is 6.16. The molecule has 2 aliphatic rings. The Bertz CT molecular complexity index is 802. The van der Waals surface area contributed by atoms with Gasteiger partial charge in [-0.1, -0.05) is 18.2 Å². The topological polar surface area (TPSA) is 75.4 Å². The Morgan fingerprint density at radius 3 is 2.70 bits per heavy atom. The average Bonchev–Trinajstić information content (AvgIpc) is 3.11. The van der Waals surface area contributed by atoms with Crippen LogP contribution in [0.25, 0.3) is 11.1 Å². The van der Waals surface area contributed by atoms with Gasteiger partial charge in [-0.3, -0.25) is 0 Å². The first-order valence-electron chi connectivity index (χ1n) is 7.87. The molecule has 0 unspecified atom stereocenters. The van der Waals surface area contributed by atoms with Gasteiger partial charge >= 0.3 is 0 Å². The fourth-order valence-electron chi connectivity index (χ4n) is 3.22.